The maximum atomic E-state index is 11.7. The fraction of sp³-hybridized carbons (Fsp3) is 0.154. The van der Waals surface area contributed by atoms with Crippen LogP contribution in [0.25, 0.3) is 0 Å². The van der Waals surface area contributed by atoms with Crippen LogP contribution in [0.5, 0.6) is 0 Å². The van der Waals surface area contributed by atoms with E-state index in [4.69, 9.17) is 0 Å². The van der Waals surface area contributed by atoms with Crippen molar-refractivity contribution < 1.29 is 4.79 Å². The Morgan fingerprint density at radius 1 is 1.33 bits per heavy atom. The number of aryl methyl sites for hydroxylation is 1. The molecule has 2 heterocycles. The standard InChI is InChI=1S/C13H13N3O2/c1-9-5-6-10(7-14-9)8-15-13(18)11-3-2-4-12(17)16-11/h2-7H,8H2,1H3,(H,15,18)(H,16,17). The Morgan fingerprint density at radius 3 is 2.83 bits per heavy atom. The van der Waals surface area contributed by atoms with Crippen LogP contribution < -0.4 is 10.9 Å². The number of hydrogen-bond acceptors (Lipinski definition) is 3. The fourth-order valence-electron chi connectivity index (χ4n) is 1.46. The number of pyridine rings is 2. The molecule has 0 aliphatic rings. The third-order valence-electron chi connectivity index (χ3n) is 2.44. The molecule has 2 rings (SSSR count). The van der Waals surface area contributed by atoms with Crippen LogP contribution in [0.4, 0.5) is 0 Å². The van der Waals surface area contributed by atoms with Crippen LogP contribution in [0.15, 0.2) is 41.3 Å². The van der Waals surface area contributed by atoms with E-state index in [2.05, 4.69) is 15.3 Å². The van der Waals surface area contributed by atoms with Crippen LogP contribution >= 0.6 is 0 Å². The third kappa shape index (κ3) is 3.04. The molecule has 0 unspecified atom stereocenters. The molecule has 2 aromatic rings. The van der Waals surface area contributed by atoms with Crippen molar-refractivity contribution in [3.8, 4) is 0 Å². The van der Waals surface area contributed by atoms with E-state index in [0.29, 0.717) is 6.54 Å². The Balaban J connectivity index is 2.00. The molecule has 0 bridgehead atoms. The maximum absolute atomic E-state index is 11.7. The van der Waals surface area contributed by atoms with E-state index in [-0.39, 0.29) is 17.2 Å². The average molecular weight is 243 g/mol. The zero-order valence-corrected chi connectivity index (χ0v) is 9.93. The number of amides is 1. The number of H-pyrrole nitrogens is 1. The second-order valence-corrected chi connectivity index (χ2v) is 3.92. The second kappa shape index (κ2) is 5.27. The van der Waals surface area contributed by atoms with E-state index in [9.17, 15) is 9.59 Å². The van der Waals surface area contributed by atoms with Gasteiger partial charge in [0, 0.05) is 24.5 Å². The molecule has 92 valence electrons. The molecule has 0 radical (unpaired) electrons. The molecule has 0 saturated carbocycles. The summed E-state index contributed by atoms with van der Waals surface area (Å²) >= 11 is 0. The molecule has 0 aliphatic heterocycles. The molecular formula is C13H13N3O2. The zero-order valence-electron chi connectivity index (χ0n) is 9.93. The number of rotatable bonds is 3. The van der Waals surface area contributed by atoms with Crippen molar-refractivity contribution in [2.75, 3.05) is 0 Å². The van der Waals surface area contributed by atoms with E-state index < -0.39 is 0 Å². The van der Waals surface area contributed by atoms with Crippen molar-refractivity contribution in [2.45, 2.75) is 13.5 Å². The van der Waals surface area contributed by atoms with Crippen molar-refractivity contribution in [1.29, 1.82) is 0 Å². The van der Waals surface area contributed by atoms with Crippen LogP contribution in [0.2, 0.25) is 0 Å². The van der Waals surface area contributed by atoms with Crippen molar-refractivity contribution in [1.82, 2.24) is 15.3 Å². The Bertz CT molecular complexity index is 602. The summed E-state index contributed by atoms with van der Waals surface area (Å²) in [5.41, 5.74) is 1.80. The van der Waals surface area contributed by atoms with Gasteiger partial charge in [-0.1, -0.05) is 12.1 Å². The SMILES string of the molecule is Cc1ccc(CNC(=O)c2cccc(=O)[nH]2)cn1. The van der Waals surface area contributed by atoms with E-state index in [1.54, 1.807) is 18.3 Å². The van der Waals surface area contributed by atoms with Gasteiger partial charge in [-0.25, -0.2) is 0 Å². The lowest BCUT2D eigenvalue weighted by molar-refractivity contribution is 0.0945. The van der Waals surface area contributed by atoms with E-state index in [0.717, 1.165) is 11.3 Å². The Labute approximate surface area is 104 Å². The van der Waals surface area contributed by atoms with Gasteiger partial charge in [0.25, 0.3) is 5.91 Å². The highest BCUT2D eigenvalue weighted by Gasteiger charge is 2.05. The first kappa shape index (κ1) is 12.0. The lowest BCUT2D eigenvalue weighted by Gasteiger charge is -2.05. The van der Waals surface area contributed by atoms with E-state index in [1.165, 1.54) is 6.07 Å². The van der Waals surface area contributed by atoms with Gasteiger partial charge in [0.1, 0.15) is 5.69 Å². The summed E-state index contributed by atoms with van der Waals surface area (Å²) in [5.74, 6) is -0.312. The molecule has 18 heavy (non-hydrogen) atoms. The zero-order chi connectivity index (χ0) is 13.0. The molecule has 5 nitrogen and oxygen atoms in total. The first-order valence-electron chi connectivity index (χ1n) is 5.54. The van der Waals surface area contributed by atoms with Crippen LogP contribution in [0.1, 0.15) is 21.7 Å². The number of carbonyl (C=O) groups is 1. The summed E-state index contributed by atoms with van der Waals surface area (Å²) < 4.78 is 0. The van der Waals surface area contributed by atoms with Crippen molar-refractivity contribution in [2.24, 2.45) is 0 Å². The number of aromatic nitrogens is 2. The van der Waals surface area contributed by atoms with Gasteiger partial charge in [-0.3, -0.25) is 14.6 Å². The van der Waals surface area contributed by atoms with Gasteiger partial charge >= 0.3 is 0 Å². The minimum Gasteiger partial charge on any atom is -0.347 e. The Hall–Kier alpha value is -2.43. The molecule has 0 aromatic carbocycles. The molecule has 0 fully saturated rings. The van der Waals surface area contributed by atoms with Gasteiger partial charge in [-0.2, -0.15) is 0 Å². The molecule has 0 saturated heterocycles. The number of aromatic amines is 1. The minimum atomic E-state index is -0.312. The van der Waals surface area contributed by atoms with E-state index in [1.807, 2.05) is 19.1 Å². The topological polar surface area (TPSA) is 74.8 Å². The molecule has 0 atom stereocenters. The monoisotopic (exact) mass is 243 g/mol. The van der Waals surface area contributed by atoms with Gasteiger partial charge in [0.2, 0.25) is 5.56 Å². The Kier molecular flexibility index (Phi) is 3.52. The summed E-state index contributed by atoms with van der Waals surface area (Å²) in [7, 11) is 0. The largest absolute Gasteiger partial charge is 0.347 e. The number of nitrogens with zero attached hydrogens (tertiary/aromatic N) is 1. The molecule has 2 N–H and O–H groups in total. The smallest absolute Gasteiger partial charge is 0.268 e. The van der Waals surface area contributed by atoms with Crippen molar-refractivity contribution in [3.63, 3.8) is 0 Å². The summed E-state index contributed by atoms with van der Waals surface area (Å²) in [5, 5.41) is 2.71. The van der Waals surface area contributed by atoms with Gasteiger partial charge in [0.05, 0.1) is 0 Å². The van der Waals surface area contributed by atoms with Crippen LogP contribution in [-0.4, -0.2) is 15.9 Å². The molecule has 0 aliphatic carbocycles. The summed E-state index contributed by atoms with van der Waals surface area (Å²) in [6.07, 6.45) is 1.71. The lowest BCUT2D eigenvalue weighted by Crippen LogP contribution is -2.25. The number of nitrogens with one attached hydrogen (secondary N) is 2. The normalized spacial score (nSPS) is 10.1. The van der Waals surface area contributed by atoms with Gasteiger partial charge < -0.3 is 10.3 Å². The summed E-state index contributed by atoms with van der Waals surface area (Å²) in [4.78, 5) is 29.4. The summed E-state index contributed by atoms with van der Waals surface area (Å²) in [6.45, 7) is 2.28. The second-order valence-electron chi connectivity index (χ2n) is 3.92. The number of hydrogen-bond donors (Lipinski definition) is 2. The molecule has 0 spiro atoms. The molecule has 5 heteroatoms. The van der Waals surface area contributed by atoms with Gasteiger partial charge in [0.15, 0.2) is 0 Å². The highest BCUT2D eigenvalue weighted by atomic mass is 16.2. The van der Waals surface area contributed by atoms with Gasteiger partial charge in [-0.15, -0.1) is 0 Å². The predicted octanol–water partition coefficient (Wildman–Crippen LogP) is 1.01. The minimum absolute atomic E-state index is 0.252. The van der Waals surface area contributed by atoms with Crippen LogP contribution in [0.3, 0.4) is 0 Å². The van der Waals surface area contributed by atoms with Crippen molar-refractivity contribution in [3.05, 3.63) is 63.8 Å². The number of carbonyl (C=O) groups excluding carboxylic acids is 1. The average Bonchev–Trinajstić information content (AvgIpc) is 2.38. The predicted molar refractivity (Wildman–Crippen MR) is 67.2 cm³/mol. The first-order valence-corrected chi connectivity index (χ1v) is 5.54. The fourth-order valence-corrected chi connectivity index (χ4v) is 1.46. The molecular weight excluding hydrogens is 230 g/mol. The quantitative estimate of drug-likeness (QED) is 0.844. The van der Waals surface area contributed by atoms with Crippen LogP contribution in [-0.2, 0) is 6.54 Å². The molecule has 1 amide bonds. The summed E-state index contributed by atoms with van der Waals surface area (Å²) in [6, 6.07) is 8.24. The Morgan fingerprint density at radius 2 is 2.17 bits per heavy atom. The molecule has 2 aromatic heterocycles. The van der Waals surface area contributed by atoms with Gasteiger partial charge in [-0.05, 0) is 24.6 Å². The first-order chi connectivity index (χ1) is 8.65. The lowest BCUT2D eigenvalue weighted by atomic mass is 10.2. The van der Waals surface area contributed by atoms with E-state index >= 15 is 0 Å². The van der Waals surface area contributed by atoms with Crippen LogP contribution in [0, 0.1) is 6.92 Å². The maximum Gasteiger partial charge on any atom is 0.268 e. The third-order valence-corrected chi connectivity index (χ3v) is 2.44. The van der Waals surface area contributed by atoms with Crippen molar-refractivity contribution >= 4 is 5.91 Å². The highest BCUT2D eigenvalue weighted by molar-refractivity contribution is 5.92. The highest BCUT2D eigenvalue weighted by Crippen LogP contribution is 1.99.